The molecule has 0 aliphatic rings. The second kappa shape index (κ2) is 7.37. The van der Waals surface area contributed by atoms with Crippen molar-refractivity contribution < 1.29 is 19.4 Å². The highest BCUT2D eigenvalue weighted by atomic mass is 16.6. The third-order valence-corrected chi connectivity index (χ3v) is 4.49. The zero-order valence-corrected chi connectivity index (χ0v) is 14.8. The zero-order chi connectivity index (χ0) is 19.5. The fourth-order valence-corrected chi connectivity index (χ4v) is 3.09. The van der Waals surface area contributed by atoms with Crippen molar-refractivity contribution in [1.29, 1.82) is 0 Å². The predicted octanol–water partition coefficient (Wildman–Crippen LogP) is 5.21. The number of hydrogen-bond donors (Lipinski definition) is 1. The van der Waals surface area contributed by atoms with Gasteiger partial charge in [-0.2, -0.15) is 0 Å². The number of ether oxygens (including phenoxy) is 1. The molecule has 4 nitrogen and oxygen atoms in total. The molecule has 28 heavy (non-hydrogen) atoms. The number of carbonyl (C=O) groups excluding carboxylic acids is 2. The van der Waals surface area contributed by atoms with Gasteiger partial charge in [0.15, 0.2) is 0 Å². The van der Waals surface area contributed by atoms with Crippen LogP contribution in [0.25, 0.3) is 21.9 Å². The SMILES string of the molecule is O=C(OC(=O)c1cccc(-c2cccc3ccccc23)c1)c1ccc(O)cc1. The van der Waals surface area contributed by atoms with Crippen molar-refractivity contribution >= 4 is 22.7 Å². The van der Waals surface area contributed by atoms with Crippen molar-refractivity contribution in [2.24, 2.45) is 0 Å². The minimum Gasteiger partial charge on any atom is -0.508 e. The van der Waals surface area contributed by atoms with Crippen molar-refractivity contribution in [2.45, 2.75) is 0 Å². The van der Waals surface area contributed by atoms with Gasteiger partial charge < -0.3 is 9.84 Å². The average molecular weight is 368 g/mol. The van der Waals surface area contributed by atoms with Crippen LogP contribution >= 0.6 is 0 Å². The number of fused-ring (bicyclic) bond motifs is 1. The van der Waals surface area contributed by atoms with E-state index in [-0.39, 0.29) is 16.9 Å². The van der Waals surface area contributed by atoms with Crippen LogP contribution in [0.4, 0.5) is 0 Å². The number of phenols is 1. The largest absolute Gasteiger partial charge is 0.508 e. The monoisotopic (exact) mass is 368 g/mol. The van der Waals surface area contributed by atoms with Crippen LogP contribution in [0.1, 0.15) is 20.7 Å². The molecule has 0 radical (unpaired) electrons. The molecule has 0 saturated heterocycles. The van der Waals surface area contributed by atoms with Gasteiger partial charge in [-0.3, -0.25) is 0 Å². The lowest BCUT2D eigenvalue weighted by molar-refractivity contribution is 0.0398. The van der Waals surface area contributed by atoms with E-state index in [1.54, 1.807) is 18.2 Å². The summed E-state index contributed by atoms with van der Waals surface area (Å²) in [6.07, 6.45) is 0. The molecule has 0 aliphatic heterocycles. The molecule has 1 N–H and O–H groups in total. The van der Waals surface area contributed by atoms with Crippen molar-refractivity contribution in [2.75, 3.05) is 0 Å². The third-order valence-electron chi connectivity index (χ3n) is 4.49. The maximum atomic E-state index is 12.5. The molecule has 0 fully saturated rings. The van der Waals surface area contributed by atoms with Gasteiger partial charge in [0, 0.05) is 0 Å². The molecule has 0 aromatic heterocycles. The van der Waals surface area contributed by atoms with E-state index in [1.165, 1.54) is 24.3 Å². The van der Waals surface area contributed by atoms with E-state index in [2.05, 4.69) is 0 Å². The molecule has 0 heterocycles. The van der Waals surface area contributed by atoms with Gasteiger partial charge in [0.25, 0.3) is 0 Å². The molecule has 0 spiro atoms. The number of hydrogen-bond acceptors (Lipinski definition) is 4. The van der Waals surface area contributed by atoms with Gasteiger partial charge in [-0.15, -0.1) is 0 Å². The number of esters is 2. The summed E-state index contributed by atoms with van der Waals surface area (Å²) in [6, 6.07) is 26.6. The Labute approximate surface area is 161 Å². The highest BCUT2D eigenvalue weighted by Crippen LogP contribution is 2.29. The molecule has 4 aromatic rings. The first-order valence-corrected chi connectivity index (χ1v) is 8.75. The average Bonchev–Trinajstić information content (AvgIpc) is 2.74. The van der Waals surface area contributed by atoms with Crippen LogP contribution in [0.5, 0.6) is 5.75 Å². The summed E-state index contributed by atoms with van der Waals surface area (Å²) in [5.74, 6) is -1.45. The summed E-state index contributed by atoms with van der Waals surface area (Å²) in [7, 11) is 0. The highest BCUT2D eigenvalue weighted by molar-refractivity contribution is 6.04. The summed E-state index contributed by atoms with van der Waals surface area (Å²) in [5, 5.41) is 11.5. The van der Waals surface area contributed by atoms with E-state index in [0.29, 0.717) is 0 Å². The Bertz CT molecular complexity index is 1170. The lowest BCUT2D eigenvalue weighted by atomic mass is 9.97. The zero-order valence-electron chi connectivity index (χ0n) is 14.8. The van der Waals surface area contributed by atoms with Crippen molar-refractivity contribution in [3.8, 4) is 16.9 Å². The molecule has 0 amide bonds. The molecule has 0 unspecified atom stereocenters. The second-order valence-corrected chi connectivity index (χ2v) is 6.33. The van der Waals surface area contributed by atoms with Crippen LogP contribution in [-0.2, 0) is 4.74 Å². The standard InChI is InChI=1S/C24H16O4/c25-20-13-11-17(12-14-20)23(26)28-24(27)19-8-3-7-18(15-19)22-10-4-6-16-5-1-2-9-21(16)22/h1-15,25H. The van der Waals surface area contributed by atoms with E-state index >= 15 is 0 Å². The molecule has 0 aliphatic carbocycles. The van der Waals surface area contributed by atoms with Gasteiger partial charge in [-0.05, 0) is 58.3 Å². The maximum Gasteiger partial charge on any atom is 0.346 e. The van der Waals surface area contributed by atoms with E-state index in [0.717, 1.165) is 21.9 Å². The van der Waals surface area contributed by atoms with Crippen LogP contribution < -0.4 is 0 Å². The number of phenolic OH excluding ortho intramolecular Hbond substituents is 1. The smallest absolute Gasteiger partial charge is 0.346 e. The van der Waals surface area contributed by atoms with E-state index in [1.807, 2.05) is 48.5 Å². The Morgan fingerprint density at radius 2 is 1.36 bits per heavy atom. The van der Waals surface area contributed by atoms with Crippen LogP contribution in [0.2, 0.25) is 0 Å². The van der Waals surface area contributed by atoms with Gasteiger partial charge in [-0.25, -0.2) is 9.59 Å². The van der Waals surface area contributed by atoms with Gasteiger partial charge >= 0.3 is 11.9 Å². The van der Waals surface area contributed by atoms with Crippen molar-refractivity contribution in [1.82, 2.24) is 0 Å². The van der Waals surface area contributed by atoms with Crippen LogP contribution in [0, 0.1) is 0 Å². The van der Waals surface area contributed by atoms with Crippen LogP contribution in [-0.4, -0.2) is 17.0 Å². The number of benzene rings is 4. The van der Waals surface area contributed by atoms with Crippen molar-refractivity contribution in [3.05, 3.63) is 102 Å². The maximum absolute atomic E-state index is 12.5. The summed E-state index contributed by atoms with van der Waals surface area (Å²) >= 11 is 0. The predicted molar refractivity (Wildman–Crippen MR) is 107 cm³/mol. The number of aromatic hydroxyl groups is 1. The molecule has 4 aromatic carbocycles. The normalized spacial score (nSPS) is 10.6. The lowest BCUT2D eigenvalue weighted by Crippen LogP contribution is -2.12. The summed E-state index contributed by atoms with van der Waals surface area (Å²) in [6.45, 7) is 0. The molecule has 0 saturated carbocycles. The molecule has 0 atom stereocenters. The Kier molecular flexibility index (Phi) is 4.60. The van der Waals surface area contributed by atoms with Gasteiger partial charge in [0.2, 0.25) is 0 Å². The Morgan fingerprint density at radius 3 is 2.18 bits per heavy atom. The first-order chi connectivity index (χ1) is 13.6. The fraction of sp³-hybridized carbons (Fsp3) is 0. The van der Waals surface area contributed by atoms with E-state index < -0.39 is 11.9 Å². The topological polar surface area (TPSA) is 63.6 Å². The first kappa shape index (κ1) is 17.5. The molecular weight excluding hydrogens is 352 g/mol. The molecule has 4 heteroatoms. The van der Waals surface area contributed by atoms with Gasteiger partial charge in [0.05, 0.1) is 11.1 Å². The van der Waals surface area contributed by atoms with E-state index in [9.17, 15) is 14.7 Å². The summed E-state index contributed by atoms with van der Waals surface area (Å²) in [5.41, 5.74) is 2.34. The third kappa shape index (κ3) is 3.48. The Hall–Kier alpha value is -3.92. The van der Waals surface area contributed by atoms with Crippen LogP contribution in [0.15, 0.2) is 91.0 Å². The first-order valence-electron chi connectivity index (χ1n) is 8.75. The summed E-state index contributed by atoms with van der Waals surface area (Å²) < 4.78 is 4.98. The Balaban J connectivity index is 1.62. The summed E-state index contributed by atoms with van der Waals surface area (Å²) in [4.78, 5) is 24.6. The minimum atomic E-state index is -0.763. The van der Waals surface area contributed by atoms with Gasteiger partial charge in [-0.1, -0.05) is 54.6 Å². The minimum absolute atomic E-state index is 0.0330. The highest BCUT2D eigenvalue weighted by Gasteiger charge is 2.16. The number of rotatable bonds is 3. The fourth-order valence-electron chi connectivity index (χ4n) is 3.09. The second-order valence-electron chi connectivity index (χ2n) is 6.33. The molecule has 4 rings (SSSR count). The molecular formula is C24H16O4. The lowest BCUT2D eigenvalue weighted by Gasteiger charge is -2.09. The Morgan fingerprint density at radius 1 is 0.679 bits per heavy atom. The molecule has 136 valence electrons. The van der Waals surface area contributed by atoms with Crippen molar-refractivity contribution in [3.63, 3.8) is 0 Å². The van der Waals surface area contributed by atoms with E-state index in [4.69, 9.17) is 4.74 Å². The van der Waals surface area contributed by atoms with Crippen LogP contribution in [0.3, 0.4) is 0 Å². The van der Waals surface area contributed by atoms with Gasteiger partial charge in [0.1, 0.15) is 5.75 Å². The number of carbonyl (C=O) groups is 2. The molecule has 0 bridgehead atoms. The quantitative estimate of drug-likeness (QED) is 0.398.